The molecule has 2 rings (SSSR count). The Hall–Kier alpha value is -2.11. The van der Waals surface area contributed by atoms with Crippen molar-refractivity contribution in [2.45, 2.75) is 19.8 Å². The minimum atomic E-state index is -1.54. The normalized spacial score (nSPS) is 10.7. The molecule has 1 heterocycles. The lowest BCUT2D eigenvalue weighted by molar-refractivity contribution is 0.447. The van der Waals surface area contributed by atoms with Crippen LogP contribution in [0.2, 0.25) is 0 Å². The molecule has 0 spiro atoms. The summed E-state index contributed by atoms with van der Waals surface area (Å²) < 4.78 is 39.2. The molecule has 0 bridgehead atoms. The lowest BCUT2D eigenvalue weighted by atomic mass is 10.1. The van der Waals surface area contributed by atoms with Gasteiger partial charge in [-0.1, -0.05) is 6.92 Å². The zero-order valence-electron chi connectivity index (χ0n) is 10.1. The number of halogens is 3. The number of hydrogen-bond donors (Lipinski definition) is 1. The van der Waals surface area contributed by atoms with Crippen LogP contribution in [0.3, 0.4) is 0 Å². The summed E-state index contributed by atoms with van der Waals surface area (Å²) in [4.78, 5) is 18.1. The second-order valence-corrected chi connectivity index (χ2v) is 4.08. The lowest BCUT2D eigenvalue weighted by Gasteiger charge is -2.05. The van der Waals surface area contributed by atoms with Gasteiger partial charge >= 0.3 is 0 Å². The van der Waals surface area contributed by atoms with E-state index >= 15 is 0 Å². The van der Waals surface area contributed by atoms with Crippen LogP contribution in [0.4, 0.5) is 13.2 Å². The van der Waals surface area contributed by atoms with E-state index in [9.17, 15) is 18.0 Å². The molecule has 0 atom stereocenters. The lowest BCUT2D eigenvalue weighted by Crippen LogP contribution is -2.11. The summed E-state index contributed by atoms with van der Waals surface area (Å²) in [6.07, 6.45) is 1.30. The van der Waals surface area contributed by atoms with Crippen molar-refractivity contribution in [2.24, 2.45) is 0 Å². The number of hydrogen-bond acceptors (Lipinski definition) is 2. The molecule has 100 valence electrons. The molecule has 0 saturated carbocycles. The molecule has 2 aromatic rings. The molecule has 0 aliphatic rings. The molecule has 0 unspecified atom stereocenters. The number of rotatable bonds is 3. The van der Waals surface area contributed by atoms with Crippen LogP contribution in [0, 0.1) is 17.5 Å². The van der Waals surface area contributed by atoms with Crippen molar-refractivity contribution in [3.63, 3.8) is 0 Å². The number of nitrogens with one attached hydrogen (secondary N) is 1. The Morgan fingerprint density at radius 3 is 2.37 bits per heavy atom. The average molecular weight is 268 g/mol. The summed E-state index contributed by atoms with van der Waals surface area (Å²) in [7, 11) is 0. The van der Waals surface area contributed by atoms with Gasteiger partial charge in [0.25, 0.3) is 5.56 Å². The number of aromatic amines is 1. The fraction of sp³-hybridized carbons (Fsp3) is 0.231. The van der Waals surface area contributed by atoms with Gasteiger partial charge in [0.2, 0.25) is 0 Å². The SMILES string of the molecule is CCCc1nc(-c2cc(F)c(F)c(F)c2)cc(=O)[nH]1. The topological polar surface area (TPSA) is 45.8 Å². The Bertz CT molecular complexity index is 644. The third kappa shape index (κ3) is 2.83. The van der Waals surface area contributed by atoms with Crippen molar-refractivity contribution >= 4 is 0 Å². The number of aryl methyl sites for hydroxylation is 1. The van der Waals surface area contributed by atoms with E-state index in [1.54, 1.807) is 0 Å². The molecule has 6 heteroatoms. The maximum Gasteiger partial charge on any atom is 0.251 e. The first-order valence-corrected chi connectivity index (χ1v) is 5.76. The van der Waals surface area contributed by atoms with Gasteiger partial charge in [-0.3, -0.25) is 4.79 Å². The van der Waals surface area contributed by atoms with Crippen LogP contribution < -0.4 is 5.56 Å². The Morgan fingerprint density at radius 2 is 1.79 bits per heavy atom. The van der Waals surface area contributed by atoms with E-state index in [1.807, 2.05) is 6.92 Å². The smallest absolute Gasteiger partial charge is 0.251 e. The van der Waals surface area contributed by atoms with E-state index in [4.69, 9.17) is 0 Å². The zero-order chi connectivity index (χ0) is 14.0. The first-order chi connectivity index (χ1) is 9.01. The standard InChI is InChI=1S/C13H11F3N2O/c1-2-3-11-17-10(6-12(19)18-11)7-4-8(14)13(16)9(15)5-7/h4-6H,2-3H2,1H3,(H,17,18,19). The van der Waals surface area contributed by atoms with E-state index in [1.165, 1.54) is 0 Å². The summed E-state index contributed by atoms with van der Waals surface area (Å²) in [6, 6.07) is 2.75. The number of aromatic nitrogens is 2. The van der Waals surface area contributed by atoms with Gasteiger partial charge in [-0.15, -0.1) is 0 Å². The molecule has 0 saturated heterocycles. The molecule has 0 fully saturated rings. The maximum atomic E-state index is 13.1. The predicted molar refractivity (Wildman–Crippen MR) is 64.2 cm³/mol. The quantitative estimate of drug-likeness (QED) is 0.870. The molecule has 1 aromatic heterocycles. The second-order valence-electron chi connectivity index (χ2n) is 4.08. The van der Waals surface area contributed by atoms with Crippen LogP contribution in [0.25, 0.3) is 11.3 Å². The summed E-state index contributed by atoms with van der Waals surface area (Å²) in [5.41, 5.74) is -0.275. The molecule has 3 nitrogen and oxygen atoms in total. The van der Waals surface area contributed by atoms with E-state index in [2.05, 4.69) is 9.97 Å². The van der Waals surface area contributed by atoms with Crippen LogP contribution in [-0.2, 0) is 6.42 Å². The van der Waals surface area contributed by atoms with E-state index < -0.39 is 23.0 Å². The van der Waals surface area contributed by atoms with Gasteiger partial charge < -0.3 is 4.98 Å². The summed E-state index contributed by atoms with van der Waals surface area (Å²) in [6.45, 7) is 1.91. The highest BCUT2D eigenvalue weighted by Gasteiger charge is 2.13. The van der Waals surface area contributed by atoms with Gasteiger partial charge in [-0.25, -0.2) is 18.2 Å². The van der Waals surface area contributed by atoms with Gasteiger partial charge in [0.15, 0.2) is 17.5 Å². The summed E-state index contributed by atoms with van der Waals surface area (Å²) >= 11 is 0. The largest absolute Gasteiger partial charge is 0.311 e. The molecule has 1 aromatic carbocycles. The summed E-state index contributed by atoms with van der Waals surface area (Å²) in [5.74, 6) is -3.74. The third-order valence-electron chi connectivity index (χ3n) is 2.56. The highest BCUT2D eigenvalue weighted by atomic mass is 19.2. The van der Waals surface area contributed by atoms with E-state index in [0.29, 0.717) is 12.2 Å². The van der Waals surface area contributed by atoms with Gasteiger partial charge in [-0.2, -0.15) is 0 Å². The van der Waals surface area contributed by atoms with Crippen LogP contribution in [0.5, 0.6) is 0 Å². The van der Waals surface area contributed by atoms with Crippen molar-refractivity contribution in [2.75, 3.05) is 0 Å². The average Bonchev–Trinajstić information content (AvgIpc) is 2.35. The molecular formula is C13H11F3N2O. The highest BCUT2D eigenvalue weighted by Crippen LogP contribution is 2.21. The fourth-order valence-electron chi connectivity index (χ4n) is 1.71. The molecule has 1 N–H and O–H groups in total. The fourth-order valence-corrected chi connectivity index (χ4v) is 1.71. The van der Waals surface area contributed by atoms with Gasteiger partial charge in [-0.05, 0) is 18.6 Å². The van der Waals surface area contributed by atoms with Crippen molar-refractivity contribution in [3.8, 4) is 11.3 Å². The third-order valence-corrected chi connectivity index (χ3v) is 2.56. The van der Waals surface area contributed by atoms with E-state index in [0.717, 1.165) is 24.6 Å². The molecular weight excluding hydrogens is 257 g/mol. The highest BCUT2D eigenvalue weighted by molar-refractivity contribution is 5.58. The summed E-state index contributed by atoms with van der Waals surface area (Å²) in [5, 5.41) is 0. The van der Waals surface area contributed by atoms with E-state index in [-0.39, 0.29) is 11.3 Å². The van der Waals surface area contributed by atoms with Crippen LogP contribution in [0.1, 0.15) is 19.2 Å². The Balaban J connectivity index is 2.55. The molecule has 0 aliphatic carbocycles. The molecule has 0 radical (unpaired) electrons. The maximum absolute atomic E-state index is 13.1. The Labute approximate surface area is 107 Å². The molecule has 0 aliphatic heterocycles. The Kier molecular flexibility index (Phi) is 3.69. The van der Waals surface area contributed by atoms with Crippen molar-refractivity contribution in [1.29, 1.82) is 0 Å². The first-order valence-electron chi connectivity index (χ1n) is 5.76. The Morgan fingerprint density at radius 1 is 1.16 bits per heavy atom. The monoisotopic (exact) mass is 268 g/mol. The van der Waals surface area contributed by atoms with Crippen LogP contribution in [-0.4, -0.2) is 9.97 Å². The van der Waals surface area contributed by atoms with Gasteiger partial charge in [0.05, 0.1) is 5.69 Å². The van der Waals surface area contributed by atoms with Crippen LogP contribution >= 0.6 is 0 Å². The minimum absolute atomic E-state index is 0.0276. The van der Waals surface area contributed by atoms with Crippen molar-refractivity contribution in [3.05, 3.63) is 51.8 Å². The zero-order valence-corrected chi connectivity index (χ0v) is 10.1. The van der Waals surface area contributed by atoms with Crippen molar-refractivity contribution < 1.29 is 13.2 Å². The number of nitrogens with zero attached hydrogens (tertiary/aromatic N) is 1. The van der Waals surface area contributed by atoms with Gasteiger partial charge in [0, 0.05) is 18.1 Å². The molecule has 19 heavy (non-hydrogen) atoms. The van der Waals surface area contributed by atoms with Crippen molar-refractivity contribution in [1.82, 2.24) is 9.97 Å². The second kappa shape index (κ2) is 5.26. The molecule has 0 amide bonds. The number of H-pyrrole nitrogens is 1. The van der Waals surface area contributed by atoms with Gasteiger partial charge in [0.1, 0.15) is 5.82 Å². The number of benzene rings is 1. The first kappa shape index (κ1) is 13.3. The van der Waals surface area contributed by atoms with Crippen LogP contribution in [0.15, 0.2) is 23.0 Å². The minimum Gasteiger partial charge on any atom is -0.311 e. The predicted octanol–water partition coefficient (Wildman–Crippen LogP) is 2.81.